The number of anilines is 1. The standard InChI is InChI=1S/C12H19ClN4/c1-10-11(13)15-9-16-12(10)14-5-4-8-17-6-2-3-7-17/h9H,2-8H2,1H3,(H,14,15,16). The van der Waals surface area contributed by atoms with E-state index >= 15 is 0 Å². The smallest absolute Gasteiger partial charge is 0.137 e. The van der Waals surface area contributed by atoms with Gasteiger partial charge < -0.3 is 10.2 Å². The number of hydrogen-bond acceptors (Lipinski definition) is 4. The molecular weight excluding hydrogens is 236 g/mol. The van der Waals surface area contributed by atoms with Gasteiger partial charge >= 0.3 is 0 Å². The Hall–Kier alpha value is -0.870. The highest BCUT2D eigenvalue weighted by atomic mass is 35.5. The van der Waals surface area contributed by atoms with E-state index in [1.807, 2.05) is 6.92 Å². The fraction of sp³-hybridized carbons (Fsp3) is 0.667. The van der Waals surface area contributed by atoms with Crippen molar-refractivity contribution < 1.29 is 0 Å². The van der Waals surface area contributed by atoms with Crippen molar-refractivity contribution in [1.29, 1.82) is 0 Å². The van der Waals surface area contributed by atoms with Crippen molar-refractivity contribution in [2.45, 2.75) is 26.2 Å². The first-order valence-electron chi connectivity index (χ1n) is 6.20. The van der Waals surface area contributed by atoms with E-state index in [9.17, 15) is 0 Å². The molecule has 1 saturated heterocycles. The molecule has 0 radical (unpaired) electrons. The van der Waals surface area contributed by atoms with E-state index in [4.69, 9.17) is 11.6 Å². The number of likely N-dealkylation sites (tertiary alicyclic amines) is 1. The average molecular weight is 255 g/mol. The topological polar surface area (TPSA) is 41.1 Å². The van der Waals surface area contributed by atoms with Crippen LogP contribution >= 0.6 is 11.6 Å². The molecule has 17 heavy (non-hydrogen) atoms. The van der Waals surface area contributed by atoms with Crippen LogP contribution in [-0.4, -0.2) is 41.0 Å². The van der Waals surface area contributed by atoms with Crippen LogP contribution in [0.2, 0.25) is 5.15 Å². The largest absolute Gasteiger partial charge is 0.370 e. The highest BCUT2D eigenvalue weighted by molar-refractivity contribution is 6.30. The average Bonchev–Trinajstić information content (AvgIpc) is 2.83. The molecule has 1 fully saturated rings. The highest BCUT2D eigenvalue weighted by Gasteiger charge is 2.10. The fourth-order valence-corrected chi connectivity index (χ4v) is 2.26. The van der Waals surface area contributed by atoms with Gasteiger partial charge in [0.15, 0.2) is 0 Å². The molecule has 2 rings (SSSR count). The first-order valence-corrected chi connectivity index (χ1v) is 6.58. The van der Waals surface area contributed by atoms with E-state index in [1.165, 1.54) is 38.8 Å². The Morgan fingerprint density at radius 1 is 1.35 bits per heavy atom. The van der Waals surface area contributed by atoms with Gasteiger partial charge in [-0.3, -0.25) is 0 Å². The molecule has 0 amide bonds. The number of nitrogens with zero attached hydrogens (tertiary/aromatic N) is 3. The minimum atomic E-state index is 0.530. The Morgan fingerprint density at radius 2 is 2.12 bits per heavy atom. The van der Waals surface area contributed by atoms with E-state index in [0.717, 1.165) is 24.3 Å². The van der Waals surface area contributed by atoms with Crippen LogP contribution in [0.1, 0.15) is 24.8 Å². The van der Waals surface area contributed by atoms with Gasteiger partial charge in [-0.2, -0.15) is 0 Å². The summed E-state index contributed by atoms with van der Waals surface area (Å²) in [6.07, 6.45) is 5.35. The Bertz CT molecular complexity index is 364. The monoisotopic (exact) mass is 254 g/mol. The van der Waals surface area contributed by atoms with Crippen molar-refractivity contribution >= 4 is 17.4 Å². The predicted octanol–water partition coefficient (Wildman–Crippen LogP) is 2.34. The van der Waals surface area contributed by atoms with Gasteiger partial charge in [-0.25, -0.2) is 9.97 Å². The van der Waals surface area contributed by atoms with Crippen molar-refractivity contribution in [3.63, 3.8) is 0 Å². The first kappa shape index (κ1) is 12.6. The zero-order chi connectivity index (χ0) is 12.1. The van der Waals surface area contributed by atoms with E-state index in [1.54, 1.807) is 0 Å². The molecule has 5 heteroatoms. The first-order chi connectivity index (χ1) is 8.27. The van der Waals surface area contributed by atoms with Crippen molar-refractivity contribution in [3.8, 4) is 0 Å². The second kappa shape index (κ2) is 6.17. The zero-order valence-corrected chi connectivity index (χ0v) is 11.0. The molecule has 0 bridgehead atoms. The summed E-state index contributed by atoms with van der Waals surface area (Å²) in [4.78, 5) is 10.6. The molecule has 1 aromatic heterocycles. The van der Waals surface area contributed by atoms with Crippen LogP contribution in [-0.2, 0) is 0 Å². The Labute approximate surface area is 107 Å². The molecule has 1 aliphatic heterocycles. The molecule has 94 valence electrons. The third-order valence-electron chi connectivity index (χ3n) is 3.16. The molecule has 2 heterocycles. The third-order valence-corrected chi connectivity index (χ3v) is 3.55. The van der Waals surface area contributed by atoms with Gasteiger partial charge in [0.05, 0.1) is 0 Å². The van der Waals surface area contributed by atoms with Crippen molar-refractivity contribution in [3.05, 3.63) is 17.0 Å². The molecule has 0 aromatic carbocycles. The maximum absolute atomic E-state index is 5.93. The van der Waals surface area contributed by atoms with Crippen molar-refractivity contribution in [2.75, 3.05) is 31.5 Å². The van der Waals surface area contributed by atoms with E-state index in [2.05, 4.69) is 20.2 Å². The molecule has 0 aliphatic carbocycles. The second-order valence-corrected chi connectivity index (χ2v) is 4.83. The number of hydrogen-bond donors (Lipinski definition) is 1. The van der Waals surface area contributed by atoms with E-state index in [0.29, 0.717) is 5.15 Å². The Balaban J connectivity index is 1.72. The normalized spacial score (nSPS) is 16.4. The summed E-state index contributed by atoms with van der Waals surface area (Å²) in [7, 11) is 0. The van der Waals surface area contributed by atoms with Crippen LogP contribution < -0.4 is 5.32 Å². The molecule has 4 nitrogen and oxygen atoms in total. The summed E-state index contributed by atoms with van der Waals surface area (Å²) in [6, 6.07) is 0. The quantitative estimate of drug-likeness (QED) is 0.647. The van der Waals surface area contributed by atoms with Crippen LogP contribution in [0.5, 0.6) is 0 Å². The van der Waals surface area contributed by atoms with Crippen molar-refractivity contribution in [2.24, 2.45) is 0 Å². The van der Waals surface area contributed by atoms with Crippen LogP contribution in [0.25, 0.3) is 0 Å². The summed E-state index contributed by atoms with van der Waals surface area (Å²) in [5, 5.41) is 3.85. The molecule has 0 atom stereocenters. The molecule has 1 N–H and O–H groups in total. The summed E-state index contributed by atoms with van der Waals surface area (Å²) in [6.45, 7) is 6.57. The SMILES string of the molecule is Cc1c(Cl)ncnc1NCCCN1CCCC1. The van der Waals surface area contributed by atoms with Gasteiger partial charge in [0.25, 0.3) is 0 Å². The van der Waals surface area contributed by atoms with Gasteiger partial charge in [0.2, 0.25) is 0 Å². The molecule has 0 spiro atoms. The number of halogens is 1. The second-order valence-electron chi connectivity index (χ2n) is 4.47. The summed E-state index contributed by atoms with van der Waals surface area (Å²) >= 11 is 5.93. The van der Waals surface area contributed by atoms with Gasteiger partial charge in [-0.05, 0) is 45.8 Å². The lowest BCUT2D eigenvalue weighted by Gasteiger charge is -2.15. The molecule has 1 aromatic rings. The fourth-order valence-electron chi connectivity index (χ4n) is 2.12. The third kappa shape index (κ3) is 3.54. The number of rotatable bonds is 5. The molecule has 0 saturated carbocycles. The lowest BCUT2D eigenvalue weighted by molar-refractivity contribution is 0.337. The zero-order valence-electron chi connectivity index (χ0n) is 10.2. The maximum Gasteiger partial charge on any atom is 0.137 e. The Kier molecular flexibility index (Phi) is 4.57. The molecule has 0 unspecified atom stereocenters. The minimum absolute atomic E-state index is 0.530. The van der Waals surface area contributed by atoms with Crippen LogP contribution in [0.4, 0.5) is 5.82 Å². The van der Waals surface area contributed by atoms with Gasteiger partial charge in [0, 0.05) is 12.1 Å². The van der Waals surface area contributed by atoms with Gasteiger partial charge in [-0.15, -0.1) is 0 Å². The van der Waals surface area contributed by atoms with E-state index < -0.39 is 0 Å². The minimum Gasteiger partial charge on any atom is -0.370 e. The van der Waals surface area contributed by atoms with Gasteiger partial charge in [0.1, 0.15) is 17.3 Å². The predicted molar refractivity (Wildman–Crippen MR) is 70.6 cm³/mol. The lowest BCUT2D eigenvalue weighted by atomic mass is 10.3. The van der Waals surface area contributed by atoms with Crippen LogP contribution in [0.3, 0.4) is 0 Å². The van der Waals surface area contributed by atoms with Crippen LogP contribution in [0.15, 0.2) is 6.33 Å². The Morgan fingerprint density at radius 3 is 2.88 bits per heavy atom. The summed E-state index contributed by atoms with van der Waals surface area (Å²) < 4.78 is 0. The number of aromatic nitrogens is 2. The molecule has 1 aliphatic rings. The molecular formula is C12H19ClN4. The lowest BCUT2D eigenvalue weighted by Crippen LogP contribution is -2.22. The summed E-state index contributed by atoms with van der Waals surface area (Å²) in [5.41, 5.74) is 0.926. The number of nitrogens with one attached hydrogen (secondary N) is 1. The van der Waals surface area contributed by atoms with Crippen LogP contribution in [0, 0.1) is 6.92 Å². The maximum atomic E-state index is 5.93. The van der Waals surface area contributed by atoms with Crippen molar-refractivity contribution in [1.82, 2.24) is 14.9 Å². The summed E-state index contributed by atoms with van der Waals surface area (Å²) in [5.74, 6) is 0.853. The van der Waals surface area contributed by atoms with Gasteiger partial charge in [-0.1, -0.05) is 11.6 Å². The highest BCUT2D eigenvalue weighted by Crippen LogP contribution is 2.17. The van der Waals surface area contributed by atoms with E-state index in [-0.39, 0.29) is 0 Å².